The van der Waals surface area contributed by atoms with Crippen LogP contribution in [0.1, 0.15) is 10.4 Å². The molecule has 0 fully saturated rings. The van der Waals surface area contributed by atoms with Crippen LogP contribution in [0.5, 0.6) is 17.4 Å². The van der Waals surface area contributed by atoms with E-state index in [1.165, 1.54) is 12.1 Å². The largest absolute Gasteiger partial charge is 0.616 e. The lowest BCUT2D eigenvalue weighted by molar-refractivity contribution is -0.582. The molecular weight excluding hydrogens is 298 g/mol. The number of para-hydroxylation sites is 1. The van der Waals surface area contributed by atoms with Gasteiger partial charge in [0, 0.05) is 11.5 Å². The third-order valence-corrected chi connectivity index (χ3v) is 3.57. The smallest absolute Gasteiger partial charge is 0.387 e. The highest BCUT2D eigenvalue weighted by Gasteiger charge is 2.20. The van der Waals surface area contributed by atoms with Crippen LogP contribution in [0.15, 0.2) is 54.6 Å². The predicted octanol–water partition coefficient (Wildman–Crippen LogP) is 2.42. The molecule has 0 saturated heterocycles. The Morgan fingerprint density at radius 3 is 2.78 bits per heavy atom. The summed E-state index contributed by atoms with van der Waals surface area (Å²) in [6, 6.07) is 15.0. The second-order valence-electron chi connectivity index (χ2n) is 4.98. The summed E-state index contributed by atoms with van der Waals surface area (Å²) >= 11 is 0. The highest BCUT2D eigenvalue weighted by atomic mass is 16.7. The Bertz CT molecular complexity index is 922. The number of esters is 1. The van der Waals surface area contributed by atoms with Crippen LogP contribution in [0.3, 0.4) is 0 Å². The molecule has 4 rings (SSSR count). The summed E-state index contributed by atoms with van der Waals surface area (Å²) in [5.74, 6) is 0.341. The maximum atomic E-state index is 12.3. The first kappa shape index (κ1) is 13.4. The molecule has 0 unspecified atom stereocenters. The van der Waals surface area contributed by atoms with Gasteiger partial charge in [0.25, 0.3) is 0 Å². The Kier molecular flexibility index (Phi) is 3.01. The van der Waals surface area contributed by atoms with Crippen LogP contribution in [-0.4, -0.2) is 12.8 Å². The minimum absolute atomic E-state index is 0.0774. The number of ether oxygens (including phenoxy) is 3. The van der Waals surface area contributed by atoms with Crippen molar-refractivity contribution in [3.8, 4) is 17.4 Å². The average Bonchev–Trinajstić information content (AvgIpc) is 3.05. The van der Waals surface area contributed by atoms with Gasteiger partial charge in [-0.05, 0) is 30.3 Å². The zero-order valence-corrected chi connectivity index (χ0v) is 11.9. The number of rotatable bonds is 2. The van der Waals surface area contributed by atoms with Crippen LogP contribution in [0.4, 0.5) is 0 Å². The summed E-state index contributed by atoms with van der Waals surface area (Å²) < 4.78 is 16.2. The fourth-order valence-corrected chi connectivity index (χ4v) is 2.41. The maximum Gasteiger partial charge on any atom is 0.387 e. The molecule has 23 heavy (non-hydrogen) atoms. The molecule has 0 radical (unpaired) electrons. The number of carbonyl (C=O) groups is 1. The van der Waals surface area contributed by atoms with E-state index < -0.39 is 5.97 Å². The summed E-state index contributed by atoms with van der Waals surface area (Å²) in [5.41, 5.74) is 0.714. The first-order valence-corrected chi connectivity index (χ1v) is 6.95. The van der Waals surface area contributed by atoms with Crippen molar-refractivity contribution < 1.29 is 23.7 Å². The molecule has 6 nitrogen and oxygen atoms in total. The second-order valence-corrected chi connectivity index (χ2v) is 4.98. The van der Waals surface area contributed by atoms with Gasteiger partial charge in [-0.15, -0.1) is 4.73 Å². The molecule has 0 atom stereocenters. The van der Waals surface area contributed by atoms with E-state index >= 15 is 0 Å². The van der Waals surface area contributed by atoms with Gasteiger partial charge in [0.15, 0.2) is 11.5 Å². The zero-order chi connectivity index (χ0) is 15.8. The molecule has 3 aromatic rings. The van der Waals surface area contributed by atoms with E-state index in [2.05, 4.69) is 0 Å². The molecular formula is C17H11NO5. The first-order chi connectivity index (χ1) is 11.2. The number of hydrogen-bond acceptors (Lipinski definition) is 5. The Hall–Kier alpha value is -3.28. The molecule has 0 amide bonds. The third-order valence-electron chi connectivity index (χ3n) is 3.57. The highest BCUT2D eigenvalue weighted by Crippen LogP contribution is 2.32. The number of hydrogen-bond donors (Lipinski definition) is 0. The number of carbonyl (C=O) groups excluding carboxylic acids is 1. The summed E-state index contributed by atoms with van der Waals surface area (Å²) in [6.45, 7) is 0.124. The lowest BCUT2D eigenvalue weighted by Crippen LogP contribution is -2.31. The van der Waals surface area contributed by atoms with Gasteiger partial charge in [0.05, 0.1) is 11.6 Å². The van der Waals surface area contributed by atoms with Crippen molar-refractivity contribution in [2.24, 2.45) is 0 Å². The van der Waals surface area contributed by atoms with Crippen LogP contribution in [-0.2, 0) is 0 Å². The quantitative estimate of drug-likeness (QED) is 0.413. The molecule has 0 saturated carbocycles. The van der Waals surface area contributed by atoms with Crippen LogP contribution in [0.2, 0.25) is 0 Å². The summed E-state index contributed by atoms with van der Waals surface area (Å²) in [4.78, 5) is 12.2. The Morgan fingerprint density at radius 2 is 1.87 bits per heavy atom. The van der Waals surface area contributed by atoms with E-state index in [1.54, 1.807) is 30.3 Å². The fourth-order valence-electron chi connectivity index (χ4n) is 2.41. The van der Waals surface area contributed by atoms with E-state index in [0.717, 1.165) is 5.39 Å². The highest BCUT2D eigenvalue weighted by molar-refractivity contribution is 5.91. The average molecular weight is 309 g/mol. The monoisotopic (exact) mass is 309 g/mol. The van der Waals surface area contributed by atoms with Gasteiger partial charge in [-0.3, -0.25) is 0 Å². The van der Waals surface area contributed by atoms with Crippen LogP contribution < -0.4 is 18.9 Å². The van der Waals surface area contributed by atoms with Gasteiger partial charge in [-0.2, -0.15) is 0 Å². The fraction of sp³-hybridized carbons (Fsp3) is 0.0588. The van der Waals surface area contributed by atoms with Crippen molar-refractivity contribution in [1.29, 1.82) is 0 Å². The first-order valence-electron chi connectivity index (χ1n) is 6.95. The predicted molar refractivity (Wildman–Crippen MR) is 80.4 cm³/mol. The number of nitrogens with zero attached hydrogens (tertiary/aromatic N) is 1. The molecule has 6 heteroatoms. The van der Waals surface area contributed by atoms with Gasteiger partial charge < -0.3 is 19.4 Å². The zero-order valence-electron chi connectivity index (χ0n) is 11.9. The molecule has 0 aliphatic carbocycles. The van der Waals surface area contributed by atoms with E-state index in [1.807, 2.05) is 12.1 Å². The summed E-state index contributed by atoms with van der Waals surface area (Å²) in [6.07, 6.45) is 0. The van der Waals surface area contributed by atoms with E-state index in [0.29, 0.717) is 21.7 Å². The Morgan fingerprint density at radius 1 is 1.04 bits per heavy atom. The van der Waals surface area contributed by atoms with Crippen molar-refractivity contribution in [3.05, 3.63) is 65.4 Å². The lowest BCUT2D eigenvalue weighted by atomic mass is 10.2. The van der Waals surface area contributed by atoms with Crippen molar-refractivity contribution in [3.63, 3.8) is 0 Å². The molecule has 114 valence electrons. The van der Waals surface area contributed by atoms with E-state index in [-0.39, 0.29) is 18.2 Å². The number of fused-ring (bicyclic) bond motifs is 2. The van der Waals surface area contributed by atoms with Crippen molar-refractivity contribution in [2.45, 2.75) is 0 Å². The van der Waals surface area contributed by atoms with Gasteiger partial charge in [-0.1, -0.05) is 12.1 Å². The normalized spacial score (nSPS) is 12.3. The lowest BCUT2D eigenvalue weighted by Gasteiger charge is -2.07. The van der Waals surface area contributed by atoms with Crippen LogP contribution in [0.25, 0.3) is 10.9 Å². The molecule has 0 bridgehead atoms. The molecule has 1 aromatic heterocycles. The van der Waals surface area contributed by atoms with Crippen molar-refractivity contribution >= 4 is 16.9 Å². The van der Waals surface area contributed by atoms with Gasteiger partial charge in [-0.25, -0.2) is 4.79 Å². The Balaban J connectivity index is 1.65. The van der Waals surface area contributed by atoms with Crippen LogP contribution in [0, 0.1) is 5.21 Å². The second kappa shape index (κ2) is 5.17. The minimum atomic E-state index is -0.636. The molecule has 0 spiro atoms. The number of aromatic nitrogens is 1. The third kappa shape index (κ3) is 2.30. The topological polar surface area (TPSA) is 71.7 Å². The molecule has 2 aromatic carbocycles. The van der Waals surface area contributed by atoms with E-state index in [9.17, 15) is 10.0 Å². The van der Waals surface area contributed by atoms with Crippen molar-refractivity contribution in [1.82, 2.24) is 0 Å². The molecule has 1 aliphatic heterocycles. The minimum Gasteiger partial charge on any atom is -0.616 e. The standard InChI is InChI=1S/C17H11NO5/c19-17(12-5-7-14-15(9-12)22-10-21-14)23-16-8-6-11-3-1-2-4-13(11)18(16)20/h1-9H,10H2. The number of pyridine rings is 1. The molecule has 1 aliphatic rings. The maximum absolute atomic E-state index is 12.3. The SMILES string of the molecule is O=C(Oc1ccc2ccccc2[n+]1[O-])c1ccc2c(c1)OCO2. The summed E-state index contributed by atoms with van der Waals surface area (Å²) in [7, 11) is 0. The van der Waals surface area contributed by atoms with Crippen molar-refractivity contribution in [2.75, 3.05) is 6.79 Å². The Labute approximate surface area is 131 Å². The van der Waals surface area contributed by atoms with Crippen LogP contribution >= 0.6 is 0 Å². The van der Waals surface area contributed by atoms with Gasteiger partial charge in [0.1, 0.15) is 0 Å². The van der Waals surface area contributed by atoms with Gasteiger partial charge >= 0.3 is 11.8 Å². The molecule has 2 heterocycles. The van der Waals surface area contributed by atoms with E-state index in [4.69, 9.17) is 14.2 Å². The molecule has 0 N–H and O–H groups in total. The number of benzene rings is 2. The summed E-state index contributed by atoms with van der Waals surface area (Å²) in [5, 5.41) is 13.0. The van der Waals surface area contributed by atoms with Gasteiger partial charge in [0.2, 0.25) is 12.3 Å².